The van der Waals surface area contributed by atoms with Crippen LogP contribution in [0.15, 0.2) is 58.6 Å². The van der Waals surface area contributed by atoms with Gasteiger partial charge in [-0.1, -0.05) is 0 Å². The van der Waals surface area contributed by atoms with Gasteiger partial charge in [-0.15, -0.1) is 0 Å². The van der Waals surface area contributed by atoms with Gasteiger partial charge >= 0.3 is 144 Å². The Morgan fingerprint density at radius 3 is 2.92 bits per heavy atom. The molecule has 2 heterocycles. The van der Waals surface area contributed by atoms with E-state index in [0.29, 0.717) is 5.75 Å². The van der Waals surface area contributed by atoms with Crippen LogP contribution < -0.4 is 5.01 Å². The average Bonchev–Trinajstić information content (AvgIpc) is 3.04. The summed E-state index contributed by atoms with van der Waals surface area (Å²) in [5.74, 6) is -0.233. The number of hydrogen-bond acceptors (Lipinski definition) is 5. The summed E-state index contributed by atoms with van der Waals surface area (Å²) in [4.78, 5) is 28.3. The fraction of sp³-hybridized carbons (Fsp3) is 0.250. The van der Waals surface area contributed by atoms with E-state index in [1.807, 2.05) is 48.7 Å². The molecule has 0 spiro atoms. The van der Waals surface area contributed by atoms with Gasteiger partial charge in [0.05, 0.1) is 0 Å². The number of likely N-dealkylation sites (N-methyl/N-ethyl adjacent to an activating group) is 1. The zero-order valence-corrected chi connectivity index (χ0v) is 14.0. The van der Waals surface area contributed by atoms with Crippen LogP contribution in [-0.4, -0.2) is 42.4 Å². The van der Waals surface area contributed by atoms with E-state index < -0.39 is 11.9 Å². The van der Waals surface area contributed by atoms with E-state index in [4.69, 9.17) is 4.74 Å². The van der Waals surface area contributed by atoms with E-state index in [0.717, 1.165) is 17.7 Å². The van der Waals surface area contributed by atoms with Crippen molar-refractivity contribution in [3.63, 3.8) is 0 Å². The third-order valence-electron chi connectivity index (χ3n) is 3.59. The molecule has 3 rings (SSSR count). The van der Waals surface area contributed by atoms with Gasteiger partial charge in [-0.3, -0.25) is 0 Å². The molecular formula is C16H16BN3O3S. The number of benzene rings is 1. The summed E-state index contributed by atoms with van der Waals surface area (Å²) in [6, 6.07) is 12.6. The summed E-state index contributed by atoms with van der Waals surface area (Å²) in [5, 5.41) is 2.47. The third-order valence-corrected chi connectivity index (χ3v) is 4.69. The van der Waals surface area contributed by atoms with Crippen molar-refractivity contribution in [3.05, 3.63) is 54.2 Å². The molecule has 6 nitrogen and oxygen atoms in total. The zero-order chi connectivity index (χ0) is 16.9. The molecule has 1 aromatic heterocycles. The SMILES string of the molecule is CN1C(=O)[C@@H](N=BC(=O)OCc2ccccc2)CSc2cccn21. The normalized spacial score (nSPS) is 17.3. The molecule has 0 saturated heterocycles. The first-order chi connectivity index (χ1) is 11.6. The van der Waals surface area contributed by atoms with Crippen LogP contribution in [-0.2, 0) is 16.1 Å². The van der Waals surface area contributed by atoms with Crippen LogP contribution in [0.3, 0.4) is 0 Å². The second kappa shape index (κ2) is 7.48. The Morgan fingerprint density at radius 2 is 2.12 bits per heavy atom. The van der Waals surface area contributed by atoms with E-state index >= 15 is 0 Å². The van der Waals surface area contributed by atoms with Gasteiger partial charge in [-0.25, -0.2) is 0 Å². The van der Waals surface area contributed by atoms with E-state index in [2.05, 4.69) is 4.90 Å². The number of fused-ring (bicyclic) bond motifs is 1. The summed E-state index contributed by atoms with van der Waals surface area (Å²) < 4.78 is 6.91. The van der Waals surface area contributed by atoms with Crippen molar-refractivity contribution in [1.29, 1.82) is 0 Å². The average molecular weight is 341 g/mol. The predicted molar refractivity (Wildman–Crippen MR) is 92.9 cm³/mol. The van der Waals surface area contributed by atoms with Crippen molar-refractivity contribution in [2.24, 2.45) is 4.90 Å². The fourth-order valence-electron chi connectivity index (χ4n) is 2.30. The van der Waals surface area contributed by atoms with Crippen molar-refractivity contribution in [2.45, 2.75) is 17.7 Å². The van der Waals surface area contributed by atoms with Gasteiger partial charge in [0.25, 0.3) is 0 Å². The molecule has 1 aromatic carbocycles. The molecule has 24 heavy (non-hydrogen) atoms. The molecular weight excluding hydrogens is 325 g/mol. The van der Waals surface area contributed by atoms with Gasteiger partial charge in [0, 0.05) is 0 Å². The first kappa shape index (κ1) is 16.5. The van der Waals surface area contributed by atoms with E-state index in [1.54, 1.807) is 11.7 Å². The Kier molecular flexibility index (Phi) is 5.15. The maximum atomic E-state index is 12.4. The molecule has 0 fully saturated rings. The Morgan fingerprint density at radius 1 is 1.33 bits per heavy atom. The molecule has 0 aliphatic carbocycles. The maximum absolute atomic E-state index is 12.4. The number of thioether (sulfide) groups is 1. The van der Waals surface area contributed by atoms with E-state index in [-0.39, 0.29) is 12.5 Å². The number of aromatic nitrogens is 1. The Hall–Kier alpha value is -2.35. The van der Waals surface area contributed by atoms with Crippen molar-refractivity contribution in [2.75, 3.05) is 17.8 Å². The molecule has 1 atom stereocenters. The Bertz CT molecular complexity index is 763. The fourth-order valence-corrected chi connectivity index (χ4v) is 3.35. The first-order valence-corrected chi connectivity index (χ1v) is 8.45. The van der Waals surface area contributed by atoms with E-state index in [9.17, 15) is 9.59 Å². The van der Waals surface area contributed by atoms with Crippen LogP contribution in [0.4, 0.5) is 4.79 Å². The number of carbonyl (C=O) groups excluding carboxylic acids is 2. The van der Waals surface area contributed by atoms with Crippen molar-refractivity contribution in [3.8, 4) is 0 Å². The standard InChI is InChI=1S/C16H16BN3O3S/c1-19-15(21)13(11-24-14-8-5-9-20(14)19)18-17-16(22)23-10-12-6-3-2-4-7-12/h2-9,13H,10-11H2,1H3/t13-/m0/s1. The molecule has 122 valence electrons. The second-order valence-corrected chi connectivity index (χ2v) is 6.29. The number of nitrogens with zero attached hydrogens (tertiary/aromatic N) is 3. The minimum absolute atomic E-state index is 0.162. The molecule has 2 aromatic rings. The van der Waals surface area contributed by atoms with Crippen LogP contribution in [0.5, 0.6) is 0 Å². The number of amides is 1. The number of carbonyl (C=O) groups is 2. The summed E-state index contributed by atoms with van der Waals surface area (Å²) in [6.45, 7) is 0.185. The van der Waals surface area contributed by atoms with Crippen molar-refractivity contribution >= 4 is 30.6 Å². The summed E-state index contributed by atoms with van der Waals surface area (Å²) in [5.41, 5.74) is 0.902. The topological polar surface area (TPSA) is 63.9 Å². The quantitative estimate of drug-likeness (QED) is 0.801. The molecule has 0 N–H and O–H groups in total. The minimum atomic E-state index is -0.607. The predicted octanol–water partition coefficient (Wildman–Crippen LogP) is 2.28. The zero-order valence-electron chi connectivity index (χ0n) is 13.2. The molecule has 1 aliphatic heterocycles. The Labute approximate surface area is 144 Å². The van der Waals surface area contributed by atoms with Crippen molar-refractivity contribution in [1.82, 2.24) is 4.68 Å². The van der Waals surface area contributed by atoms with Gasteiger partial charge in [-0.2, -0.15) is 0 Å². The van der Waals surface area contributed by atoms with Crippen molar-refractivity contribution < 1.29 is 14.3 Å². The van der Waals surface area contributed by atoms with Crippen LogP contribution in [0.2, 0.25) is 0 Å². The van der Waals surface area contributed by atoms with Crippen LogP contribution in [0, 0.1) is 0 Å². The van der Waals surface area contributed by atoms with Gasteiger partial charge in [0.1, 0.15) is 0 Å². The monoisotopic (exact) mass is 341 g/mol. The summed E-state index contributed by atoms with van der Waals surface area (Å²) >= 11 is 1.53. The second-order valence-electron chi connectivity index (χ2n) is 5.25. The van der Waals surface area contributed by atoms with Crippen LogP contribution >= 0.6 is 11.8 Å². The van der Waals surface area contributed by atoms with Gasteiger partial charge in [-0.05, 0) is 0 Å². The van der Waals surface area contributed by atoms with E-state index in [1.165, 1.54) is 16.8 Å². The summed E-state index contributed by atoms with van der Waals surface area (Å²) in [6.07, 6.45) is 1.82. The van der Waals surface area contributed by atoms with Gasteiger partial charge < -0.3 is 0 Å². The molecule has 0 unspecified atom stereocenters. The molecule has 1 amide bonds. The third kappa shape index (κ3) is 3.76. The molecule has 0 bridgehead atoms. The number of ether oxygens (including phenoxy) is 1. The summed E-state index contributed by atoms with van der Waals surface area (Å²) in [7, 11) is 2.79. The number of hydrogen-bond donors (Lipinski definition) is 0. The molecule has 1 aliphatic rings. The van der Waals surface area contributed by atoms with Gasteiger partial charge in [0.2, 0.25) is 0 Å². The number of rotatable bonds is 4. The van der Waals surface area contributed by atoms with Gasteiger partial charge in [0.15, 0.2) is 0 Å². The van der Waals surface area contributed by atoms with Crippen LogP contribution in [0.1, 0.15) is 5.56 Å². The van der Waals surface area contributed by atoms with Crippen LogP contribution in [0.25, 0.3) is 0 Å². The first-order valence-electron chi connectivity index (χ1n) is 7.47. The molecule has 0 saturated carbocycles. The molecule has 0 radical (unpaired) electrons. The molecule has 8 heteroatoms. The Balaban J connectivity index is 1.59.